The molecule has 0 saturated heterocycles. The number of benzene rings is 2. The molecule has 0 aliphatic carbocycles. The van der Waals surface area contributed by atoms with Gasteiger partial charge in [0.05, 0.1) is 11.3 Å². The molecule has 1 aromatic heterocycles. The molecule has 0 aliphatic heterocycles. The lowest BCUT2D eigenvalue weighted by Gasteiger charge is -2.11. The van der Waals surface area contributed by atoms with Crippen LogP contribution < -0.4 is 21.7 Å². The standard InChI is InChI=1S/C20H19N7O4/c1-13-7-9-15(10-8-13)20(29)26-25-19-17(27(30)31)18(21-12-22-19)24-23-16(28)11-14-5-3-2-4-6-14/h2-10,12H,11H2,1H3,(H,23,28)(H,26,29)(H2,21,22,24,25). The molecule has 158 valence electrons. The molecule has 1 heterocycles. The highest BCUT2D eigenvalue weighted by Crippen LogP contribution is 2.27. The van der Waals surface area contributed by atoms with Gasteiger partial charge in [0, 0.05) is 5.56 Å². The van der Waals surface area contributed by atoms with E-state index < -0.39 is 22.4 Å². The molecule has 11 heteroatoms. The molecule has 3 rings (SSSR count). The van der Waals surface area contributed by atoms with Crippen LogP contribution in [0.3, 0.4) is 0 Å². The summed E-state index contributed by atoms with van der Waals surface area (Å²) in [6, 6.07) is 15.8. The first-order valence-corrected chi connectivity index (χ1v) is 9.15. The number of rotatable bonds is 8. The Morgan fingerprint density at radius 3 is 2.16 bits per heavy atom. The molecule has 0 aliphatic rings. The van der Waals surface area contributed by atoms with Gasteiger partial charge in [0.25, 0.3) is 5.91 Å². The van der Waals surface area contributed by atoms with Crippen LogP contribution in [0.1, 0.15) is 21.5 Å². The van der Waals surface area contributed by atoms with Crippen molar-refractivity contribution in [3.8, 4) is 0 Å². The Morgan fingerprint density at radius 1 is 0.935 bits per heavy atom. The van der Waals surface area contributed by atoms with Crippen molar-refractivity contribution in [2.24, 2.45) is 0 Å². The van der Waals surface area contributed by atoms with Gasteiger partial charge in [-0.2, -0.15) is 0 Å². The van der Waals surface area contributed by atoms with Gasteiger partial charge in [-0.1, -0.05) is 48.0 Å². The number of aromatic nitrogens is 2. The number of nitro groups is 1. The molecule has 2 aromatic carbocycles. The molecule has 0 unspecified atom stereocenters. The molecular weight excluding hydrogens is 402 g/mol. The number of amides is 2. The minimum atomic E-state index is -0.730. The van der Waals surface area contributed by atoms with E-state index in [9.17, 15) is 19.7 Å². The van der Waals surface area contributed by atoms with Gasteiger partial charge in [-0.25, -0.2) is 9.97 Å². The number of anilines is 2. The maximum Gasteiger partial charge on any atom is 0.356 e. The molecule has 11 nitrogen and oxygen atoms in total. The van der Waals surface area contributed by atoms with Gasteiger partial charge in [0.1, 0.15) is 6.33 Å². The van der Waals surface area contributed by atoms with Crippen molar-refractivity contribution in [2.45, 2.75) is 13.3 Å². The molecule has 2 amide bonds. The van der Waals surface area contributed by atoms with Crippen LogP contribution in [0.5, 0.6) is 0 Å². The number of hydrogen-bond acceptors (Lipinski definition) is 8. The molecule has 31 heavy (non-hydrogen) atoms. The van der Waals surface area contributed by atoms with Crippen molar-refractivity contribution in [1.29, 1.82) is 0 Å². The summed E-state index contributed by atoms with van der Waals surface area (Å²) in [5.74, 6) is -1.41. The smallest absolute Gasteiger partial charge is 0.276 e. The van der Waals surface area contributed by atoms with Gasteiger partial charge >= 0.3 is 5.69 Å². The third-order valence-electron chi connectivity index (χ3n) is 4.14. The van der Waals surface area contributed by atoms with Crippen LogP contribution in [0.15, 0.2) is 60.9 Å². The Hall–Kier alpha value is -4.54. The quantitative estimate of drug-likeness (QED) is 0.319. The number of carbonyl (C=O) groups excluding carboxylic acids is 2. The Morgan fingerprint density at radius 2 is 1.55 bits per heavy atom. The van der Waals surface area contributed by atoms with E-state index >= 15 is 0 Å². The molecule has 3 aromatic rings. The van der Waals surface area contributed by atoms with Gasteiger partial charge in [-0.15, -0.1) is 0 Å². The lowest BCUT2D eigenvalue weighted by Crippen LogP contribution is -2.32. The zero-order valence-corrected chi connectivity index (χ0v) is 16.5. The second-order valence-electron chi connectivity index (χ2n) is 6.46. The summed E-state index contributed by atoms with van der Waals surface area (Å²) in [5.41, 5.74) is 11.2. The number of aryl methyl sites for hydroxylation is 1. The molecular formula is C20H19N7O4. The minimum absolute atomic E-state index is 0.0738. The van der Waals surface area contributed by atoms with Gasteiger partial charge in [-0.3, -0.25) is 41.4 Å². The molecule has 0 bridgehead atoms. The van der Waals surface area contributed by atoms with Crippen LogP contribution in [0.2, 0.25) is 0 Å². The van der Waals surface area contributed by atoms with Crippen LogP contribution in [-0.4, -0.2) is 26.7 Å². The average Bonchev–Trinajstić information content (AvgIpc) is 2.77. The van der Waals surface area contributed by atoms with Crippen molar-refractivity contribution in [3.63, 3.8) is 0 Å². The van der Waals surface area contributed by atoms with E-state index in [4.69, 9.17) is 0 Å². The number of nitrogens with one attached hydrogen (secondary N) is 4. The summed E-state index contributed by atoms with van der Waals surface area (Å²) in [4.78, 5) is 42.7. The van der Waals surface area contributed by atoms with Gasteiger partial charge < -0.3 is 0 Å². The Bertz CT molecular complexity index is 1090. The summed E-state index contributed by atoms with van der Waals surface area (Å²) in [6.45, 7) is 1.89. The van der Waals surface area contributed by atoms with Crippen LogP contribution in [0.4, 0.5) is 17.3 Å². The van der Waals surface area contributed by atoms with E-state index in [-0.39, 0.29) is 18.1 Å². The first kappa shape index (κ1) is 21.2. The first-order valence-electron chi connectivity index (χ1n) is 9.15. The van der Waals surface area contributed by atoms with E-state index in [1.54, 1.807) is 48.5 Å². The molecule has 0 atom stereocenters. The molecule has 0 radical (unpaired) electrons. The molecule has 0 spiro atoms. The zero-order chi connectivity index (χ0) is 22.2. The minimum Gasteiger partial charge on any atom is -0.276 e. The fourth-order valence-corrected chi connectivity index (χ4v) is 2.58. The van der Waals surface area contributed by atoms with Crippen molar-refractivity contribution in [1.82, 2.24) is 20.8 Å². The molecule has 4 N–H and O–H groups in total. The largest absolute Gasteiger partial charge is 0.356 e. The SMILES string of the molecule is Cc1ccc(C(=O)NNc2ncnc(NNC(=O)Cc3ccccc3)c2[N+](=O)[O-])cc1. The van der Waals surface area contributed by atoms with E-state index in [0.717, 1.165) is 17.5 Å². The second kappa shape index (κ2) is 9.78. The van der Waals surface area contributed by atoms with Gasteiger partial charge in [0.15, 0.2) is 0 Å². The fourth-order valence-electron chi connectivity index (χ4n) is 2.58. The monoisotopic (exact) mass is 421 g/mol. The summed E-state index contributed by atoms with van der Waals surface area (Å²) in [6.07, 6.45) is 1.13. The fraction of sp³-hybridized carbons (Fsp3) is 0.100. The third kappa shape index (κ3) is 5.73. The summed E-state index contributed by atoms with van der Waals surface area (Å²) >= 11 is 0. The average molecular weight is 421 g/mol. The second-order valence-corrected chi connectivity index (χ2v) is 6.46. The van der Waals surface area contributed by atoms with E-state index in [1.165, 1.54) is 0 Å². The predicted octanol–water partition coefficient (Wildman–Crippen LogP) is 2.14. The molecule has 0 saturated carbocycles. The lowest BCUT2D eigenvalue weighted by atomic mass is 10.1. The topological polar surface area (TPSA) is 151 Å². The summed E-state index contributed by atoms with van der Waals surface area (Å²) in [7, 11) is 0. The Labute approximate surface area is 177 Å². The summed E-state index contributed by atoms with van der Waals surface area (Å²) < 4.78 is 0. The lowest BCUT2D eigenvalue weighted by molar-refractivity contribution is -0.383. The number of carbonyl (C=O) groups is 2. The highest BCUT2D eigenvalue weighted by atomic mass is 16.6. The maximum atomic E-state index is 12.2. The van der Waals surface area contributed by atoms with Crippen LogP contribution >= 0.6 is 0 Å². The van der Waals surface area contributed by atoms with Crippen molar-refractivity contribution < 1.29 is 14.5 Å². The van der Waals surface area contributed by atoms with Gasteiger partial charge in [0.2, 0.25) is 17.5 Å². The van der Waals surface area contributed by atoms with Crippen LogP contribution in [0.25, 0.3) is 0 Å². The highest BCUT2D eigenvalue weighted by molar-refractivity contribution is 5.95. The van der Waals surface area contributed by atoms with Crippen molar-refractivity contribution in [2.75, 3.05) is 10.9 Å². The van der Waals surface area contributed by atoms with Gasteiger partial charge in [-0.05, 0) is 24.6 Å². The zero-order valence-electron chi connectivity index (χ0n) is 16.5. The summed E-state index contributed by atoms with van der Waals surface area (Å²) in [5, 5.41) is 11.6. The van der Waals surface area contributed by atoms with E-state index in [0.29, 0.717) is 5.56 Å². The third-order valence-corrected chi connectivity index (χ3v) is 4.14. The number of nitrogens with zero attached hydrogens (tertiary/aromatic N) is 3. The number of hydrazine groups is 2. The van der Waals surface area contributed by atoms with Crippen molar-refractivity contribution in [3.05, 3.63) is 87.7 Å². The maximum absolute atomic E-state index is 12.2. The normalized spacial score (nSPS) is 10.1. The first-order chi connectivity index (χ1) is 14.9. The molecule has 0 fully saturated rings. The van der Waals surface area contributed by atoms with E-state index in [2.05, 4.69) is 31.7 Å². The van der Waals surface area contributed by atoms with E-state index in [1.807, 2.05) is 13.0 Å². The van der Waals surface area contributed by atoms with Crippen LogP contribution in [-0.2, 0) is 11.2 Å². The predicted molar refractivity (Wildman–Crippen MR) is 113 cm³/mol. The Kier molecular flexibility index (Phi) is 6.68. The van der Waals surface area contributed by atoms with Crippen LogP contribution in [0, 0.1) is 17.0 Å². The van der Waals surface area contributed by atoms with Crippen molar-refractivity contribution >= 4 is 29.1 Å². The highest BCUT2D eigenvalue weighted by Gasteiger charge is 2.24. The number of hydrogen-bond donors (Lipinski definition) is 4. The Balaban J connectivity index is 1.67.